The van der Waals surface area contributed by atoms with Crippen molar-refractivity contribution in [2.75, 3.05) is 19.7 Å². The van der Waals surface area contributed by atoms with Gasteiger partial charge in [0, 0.05) is 24.4 Å². The molecule has 0 amide bonds. The molecule has 1 fully saturated rings. The highest BCUT2D eigenvalue weighted by Gasteiger charge is 2.31. The van der Waals surface area contributed by atoms with Gasteiger partial charge in [0.2, 0.25) is 0 Å². The van der Waals surface area contributed by atoms with Gasteiger partial charge in [0.05, 0.1) is 12.2 Å². The standard InChI is InChI=1S/C14H18ClNO2/c15-12-6-10-2-5-18-13(10)11(7-12)8-14(17)3-1-4-16-9-14/h6-7,16-17H,1-5,8-9H2. The number of fused-ring (bicyclic) bond motifs is 1. The van der Waals surface area contributed by atoms with Crippen LogP contribution in [-0.4, -0.2) is 30.4 Å². The summed E-state index contributed by atoms with van der Waals surface area (Å²) < 4.78 is 5.68. The second kappa shape index (κ2) is 4.72. The molecule has 1 saturated heterocycles. The minimum Gasteiger partial charge on any atom is -0.493 e. The van der Waals surface area contributed by atoms with E-state index < -0.39 is 5.60 Å². The molecule has 0 spiro atoms. The van der Waals surface area contributed by atoms with Crippen molar-refractivity contribution in [3.05, 3.63) is 28.3 Å². The molecule has 0 bridgehead atoms. The fourth-order valence-electron chi connectivity index (χ4n) is 2.93. The van der Waals surface area contributed by atoms with E-state index >= 15 is 0 Å². The Balaban J connectivity index is 1.88. The van der Waals surface area contributed by atoms with Gasteiger partial charge in [0.1, 0.15) is 5.75 Å². The second-order valence-electron chi connectivity index (χ2n) is 5.33. The summed E-state index contributed by atoms with van der Waals surface area (Å²) in [4.78, 5) is 0. The summed E-state index contributed by atoms with van der Waals surface area (Å²) in [5.74, 6) is 0.943. The number of rotatable bonds is 2. The van der Waals surface area contributed by atoms with Crippen molar-refractivity contribution in [1.82, 2.24) is 5.32 Å². The number of halogens is 1. The van der Waals surface area contributed by atoms with Crippen LogP contribution in [0.2, 0.25) is 5.02 Å². The minimum absolute atomic E-state index is 0.614. The van der Waals surface area contributed by atoms with Gasteiger partial charge in [-0.1, -0.05) is 11.6 Å². The lowest BCUT2D eigenvalue weighted by atomic mass is 9.87. The average Bonchev–Trinajstić information content (AvgIpc) is 2.77. The normalized spacial score (nSPS) is 26.8. The molecule has 3 nitrogen and oxygen atoms in total. The molecule has 1 atom stereocenters. The van der Waals surface area contributed by atoms with Crippen LogP contribution in [0.25, 0.3) is 0 Å². The summed E-state index contributed by atoms with van der Waals surface area (Å²) in [5, 5.41) is 14.6. The van der Waals surface area contributed by atoms with Gasteiger partial charge < -0.3 is 15.2 Å². The first kappa shape index (κ1) is 12.3. The lowest BCUT2D eigenvalue weighted by Crippen LogP contribution is -2.47. The topological polar surface area (TPSA) is 41.5 Å². The van der Waals surface area contributed by atoms with E-state index in [4.69, 9.17) is 16.3 Å². The summed E-state index contributed by atoms with van der Waals surface area (Å²) in [5.41, 5.74) is 1.55. The molecule has 4 heteroatoms. The number of aliphatic hydroxyl groups is 1. The molecule has 0 saturated carbocycles. The fourth-order valence-corrected chi connectivity index (χ4v) is 3.20. The number of nitrogens with one attached hydrogen (secondary N) is 1. The van der Waals surface area contributed by atoms with Crippen molar-refractivity contribution in [2.24, 2.45) is 0 Å². The molecule has 0 aliphatic carbocycles. The Bertz CT molecular complexity index is 455. The first-order chi connectivity index (χ1) is 8.66. The fraction of sp³-hybridized carbons (Fsp3) is 0.571. The smallest absolute Gasteiger partial charge is 0.126 e. The molecule has 1 aromatic rings. The predicted octanol–water partition coefficient (Wildman–Crippen LogP) is 1.93. The lowest BCUT2D eigenvalue weighted by Gasteiger charge is -2.33. The molecular weight excluding hydrogens is 250 g/mol. The van der Waals surface area contributed by atoms with E-state index in [-0.39, 0.29) is 0 Å². The molecule has 2 heterocycles. The maximum Gasteiger partial charge on any atom is 0.126 e. The van der Waals surface area contributed by atoms with E-state index in [0.717, 1.165) is 48.7 Å². The molecule has 2 aliphatic rings. The highest BCUT2D eigenvalue weighted by atomic mass is 35.5. The van der Waals surface area contributed by atoms with Gasteiger partial charge in [0.15, 0.2) is 0 Å². The Morgan fingerprint density at radius 1 is 1.44 bits per heavy atom. The third-order valence-electron chi connectivity index (χ3n) is 3.79. The molecule has 2 aliphatic heterocycles. The SMILES string of the molecule is OC1(Cc2cc(Cl)cc3c2OCC3)CCCNC1. The molecule has 98 valence electrons. The van der Waals surface area contributed by atoms with Gasteiger partial charge in [-0.3, -0.25) is 0 Å². The molecule has 0 radical (unpaired) electrons. The lowest BCUT2D eigenvalue weighted by molar-refractivity contribution is 0.0165. The Morgan fingerprint density at radius 3 is 3.11 bits per heavy atom. The van der Waals surface area contributed by atoms with Crippen LogP contribution in [0.3, 0.4) is 0 Å². The van der Waals surface area contributed by atoms with Crippen molar-refractivity contribution in [2.45, 2.75) is 31.3 Å². The first-order valence-corrected chi connectivity index (χ1v) is 6.91. The zero-order valence-electron chi connectivity index (χ0n) is 10.3. The Hall–Kier alpha value is -0.770. The van der Waals surface area contributed by atoms with E-state index in [1.807, 2.05) is 12.1 Å². The predicted molar refractivity (Wildman–Crippen MR) is 71.4 cm³/mol. The zero-order valence-corrected chi connectivity index (χ0v) is 11.1. The quantitative estimate of drug-likeness (QED) is 0.860. The molecule has 18 heavy (non-hydrogen) atoms. The van der Waals surface area contributed by atoms with Crippen LogP contribution in [0.5, 0.6) is 5.75 Å². The maximum absolute atomic E-state index is 10.6. The van der Waals surface area contributed by atoms with Crippen molar-refractivity contribution in [1.29, 1.82) is 0 Å². The van der Waals surface area contributed by atoms with Crippen LogP contribution in [0, 0.1) is 0 Å². The van der Waals surface area contributed by atoms with Crippen LogP contribution >= 0.6 is 11.6 Å². The third kappa shape index (κ3) is 2.35. The van der Waals surface area contributed by atoms with Crippen molar-refractivity contribution < 1.29 is 9.84 Å². The average molecular weight is 268 g/mol. The Kier molecular flexibility index (Phi) is 3.22. The number of piperidine rings is 1. The van der Waals surface area contributed by atoms with Crippen LogP contribution < -0.4 is 10.1 Å². The van der Waals surface area contributed by atoms with Gasteiger partial charge in [-0.25, -0.2) is 0 Å². The molecule has 2 N–H and O–H groups in total. The Labute approximate surface area is 112 Å². The zero-order chi connectivity index (χ0) is 12.6. The molecule has 1 unspecified atom stereocenters. The van der Waals surface area contributed by atoms with Crippen molar-refractivity contribution in [3.8, 4) is 5.75 Å². The van der Waals surface area contributed by atoms with Crippen molar-refractivity contribution >= 4 is 11.6 Å². The van der Waals surface area contributed by atoms with Gasteiger partial charge in [-0.2, -0.15) is 0 Å². The van der Waals surface area contributed by atoms with Gasteiger partial charge in [-0.15, -0.1) is 0 Å². The summed E-state index contributed by atoms with van der Waals surface area (Å²) in [6.07, 6.45) is 3.38. The van der Waals surface area contributed by atoms with Gasteiger partial charge in [0.25, 0.3) is 0 Å². The summed E-state index contributed by atoms with van der Waals surface area (Å²) in [6, 6.07) is 3.90. The number of benzene rings is 1. The summed E-state index contributed by atoms with van der Waals surface area (Å²) >= 11 is 6.14. The first-order valence-electron chi connectivity index (χ1n) is 6.53. The van der Waals surface area contributed by atoms with Crippen LogP contribution in [0.1, 0.15) is 24.0 Å². The number of ether oxygens (including phenoxy) is 1. The van der Waals surface area contributed by atoms with E-state index in [1.54, 1.807) is 0 Å². The minimum atomic E-state index is -0.664. The third-order valence-corrected chi connectivity index (χ3v) is 4.01. The van der Waals surface area contributed by atoms with Gasteiger partial charge >= 0.3 is 0 Å². The highest BCUT2D eigenvalue weighted by molar-refractivity contribution is 6.30. The second-order valence-corrected chi connectivity index (χ2v) is 5.77. The highest BCUT2D eigenvalue weighted by Crippen LogP contribution is 2.35. The molecular formula is C14H18ClNO2. The van der Waals surface area contributed by atoms with E-state index in [9.17, 15) is 5.11 Å². The Morgan fingerprint density at radius 2 is 2.33 bits per heavy atom. The van der Waals surface area contributed by atoms with E-state index in [2.05, 4.69) is 5.32 Å². The summed E-state index contributed by atoms with van der Waals surface area (Å²) in [7, 11) is 0. The number of hydrogen-bond acceptors (Lipinski definition) is 3. The maximum atomic E-state index is 10.6. The molecule has 0 aromatic heterocycles. The summed E-state index contributed by atoms with van der Waals surface area (Å²) in [6.45, 7) is 2.36. The molecule has 1 aromatic carbocycles. The van der Waals surface area contributed by atoms with Crippen LogP contribution in [0.4, 0.5) is 0 Å². The van der Waals surface area contributed by atoms with Crippen LogP contribution in [0.15, 0.2) is 12.1 Å². The van der Waals surface area contributed by atoms with E-state index in [0.29, 0.717) is 13.0 Å². The number of hydrogen-bond donors (Lipinski definition) is 2. The van der Waals surface area contributed by atoms with Crippen molar-refractivity contribution in [3.63, 3.8) is 0 Å². The van der Waals surface area contributed by atoms with Crippen LogP contribution in [-0.2, 0) is 12.8 Å². The monoisotopic (exact) mass is 267 g/mol. The number of β-amino-alcohol motifs (C(OH)–C–C–N with tert-alkyl or cyclic N) is 1. The molecule has 3 rings (SSSR count). The largest absolute Gasteiger partial charge is 0.493 e. The van der Waals surface area contributed by atoms with E-state index in [1.165, 1.54) is 5.56 Å². The van der Waals surface area contributed by atoms with Gasteiger partial charge in [-0.05, 0) is 42.6 Å².